The fourth-order valence-corrected chi connectivity index (χ4v) is 3.38. The summed E-state index contributed by atoms with van der Waals surface area (Å²) in [5.41, 5.74) is 5.01. The van der Waals surface area contributed by atoms with Gasteiger partial charge < -0.3 is 15.1 Å². The summed E-state index contributed by atoms with van der Waals surface area (Å²) in [4.78, 5) is 2.17. The Balaban J connectivity index is 1.76. The molecule has 4 aromatic rings. The van der Waals surface area contributed by atoms with E-state index in [-0.39, 0.29) is 11.5 Å². The zero-order chi connectivity index (χ0) is 20.2. The highest BCUT2D eigenvalue weighted by atomic mass is 16.3. The lowest BCUT2D eigenvalue weighted by Gasteiger charge is -2.25. The van der Waals surface area contributed by atoms with Crippen LogP contribution in [0.1, 0.15) is 5.56 Å². The number of hydrogen-bond donors (Lipinski definition) is 2. The van der Waals surface area contributed by atoms with E-state index in [1.54, 1.807) is 12.1 Å². The van der Waals surface area contributed by atoms with Gasteiger partial charge in [-0.2, -0.15) is 0 Å². The Kier molecular flexibility index (Phi) is 5.04. The smallest absolute Gasteiger partial charge is 0.166 e. The first kappa shape index (κ1) is 18.4. The second kappa shape index (κ2) is 7.95. The van der Waals surface area contributed by atoms with Crippen molar-refractivity contribution in [2.24, 2.45) is 0 Å². The van der Waals surface area contributed by atoms with E-state index in [4.69, 9.17) is 0 Å². The normalized spacial score (nSPS) is 10.5. The molecule has 0 spiro atoms. The molecular weight excluding hydrogens is 358 g/mol. The Morgan fingerprint density at radius 2 is 1.10 bits per heavy atom. The lowest BCUT2D eigenvalue weighted by atomic mass is 10.0. The quantitative estimate of drug-likeness (QED) is 0.372. The molecular formula is C26H21NO2. The molecule has 0 bridgehead atoms. The van der Waals surface area contributed by atoms with E-state index in [1.807, 2.05) is 60.7 Å². The molecule has 0 radical (unpaired) electrons. The number of benzene rings is 4. The van der Waals surface area contributed by atoms with Gasteiger partial charge in [0.1, 0.15) is 0 Å². The van der Waals surface area contributed by atoms with Crippen molar-refractivity contribution >= 4 is 23.1 Å². The first-order chi connectivity index (χ1) is 14.2. The summed E-state index contributed by atoms with van der Waals surface area (Å²) < 4.78 is 0. The monoisotopic (exact) mass is 379 g/mol. The number of phenolic OH excluding ortho intramolecular Hbond substituents is 2. The fraction of sp³-hybridized carbons (Fsp3) is 0. The summed E-state index contributed by atoms with van der Waals surface area (Å²) in [5, 5.41) is 20.5. The molecule has 0 atom stereocenters. The lowest BCUT2D eigenvalue weighted by Crippen LogP contribution is -2.09. The van der Waals surface area contributed by atoms with Crippen molar-refractivity contribution in [2.75, 3.05) is 4.90 Å². The first-order valence-electron chi connectivity index (χ1n) is 9.37. The number of rotatable bonds is 5. The molecule has 0 saturated carbocycles. The van der Waals surface area contributed by atoms with E-state index in [2.05, 4.69) is 35.7 Å². The van der Waals surface area contributed by atoms with Crippen LogP contribution in [0.5, 0.6) is 11.5 Å². The van der Waals surface area contributed by atoms with Crippen molar-refractivity contribution in [3.8, 4) is 22.6 Å². The first-order valence-corrected chi connectivity index (χ1v) is 9.37. The van der Waals surface area contributed by atoms with E-state index in [9.17, 15) is 10.2 Å². The number of para-hydroxylation sites is 2. The van der Waals surface area contributed by atoms with Crippen molar-refractivity contribution in [1.82, 2.24) is 0 Å². The third-order valence-electron chi connectivity index (χ3n) is 4.87. The van der Waals surface area contributed by atoms with Crippen molar-refractivity contribution in [2.45, 2.75) is 0 Å². The van der Waals surface area contributed by atoms with Gasteiger partial charge in [0.05, 0.1) is 0 Å². The van der Waals surface area contributed by atoms with E-state index < -0.39 is 0 Å². The van der Waals surface area contributed by atoms with E-state index in [0.717, 1.165) is 22.6 Å². The molecule has 0 aliphatic heterocycles. The molecule has 3 nitrogen and oxygen atoms in total. The van der Waals surface area contributed by atoms with Crippen LogP contribution >= 0.6 is 0 Å². The van der Waals surface area contributed by atoms with Gasteiger partial charge in [0.15, 0.2) is 11.5 Å². The zero-order valence-electron chi connectivity index (χ0n) is 15.9. The minimum atomic E-state index is -0.156. The van der Waals surface area contributed by atoms with Crippen LogP contribution in [0.3, 0.4) is 0 Å². The third kappa shape index (κ3) is 3.58. The molecule has 4 aromatic carbocycles. The van der Waals surface area contributed by atoms with Crippen molar-refractivity contribution in [3.05, 3.63) is 109 Å². The zero-order valence-corrected chi connectivity index (χ0v) is 15.9. The standard InChI is InChI=1S/C26H21NO2/c1-2-19-15-18-24(26(29)25(19)28)20-13-16-23(17-14-20)27(21-9-5-3-6-10-21)22-11-7-4-8-12-22/h2-18,28-29H,1H2. The van der Waals surface area contributed by atoms with E-state index in [1.165, 1.54) is 6.08 Å². The van der Waals surface area contributed by atoms with Gasteiger partial charge in [0.2, 0.25) is 0 Å². The van der Waals surface area contributed by atoms with Crippen LogP contribution in [0.15, 0.2) is 104 Å². The van der Waals surface area contributed by atoms with Gasteiger partial charge in [-0.05, 0) is 48.0 Å². The Morgan fingerprint density at radius 1 is 0.586 bits per heavy atom. The predicted molar refractivity (Wildman–Crippen MR) is 120 cm³/mol. The minimum absolute atomic E-state index is 0.141. The highest BCUT2D eigenvalue weighted by Crippen LogP contribution is 2.41. The SMILES string of the molecule is C=Cc1ccc(-c2ccc(N(c3ccccc3)c3ccccc3)cc2)c(O)c1O. The summed E-state index contributed by atoms with van der Waals surface area (Å²) in [6, 6.07) is 31.8. The molecule has 0 unspecified atom stereocenters. The van der Waals surface area contributed by atoms with E-state index in [0.29, 0.717) is 11.1 Å². The molecule has 0 aliphatic carbocycles. The summed E-state index contributed by atoms with van der Waals surface area (Å²) in [5.74, 6) is -0.296. The molecule has 2 N–H and O–H groups in total. The van der Waals surface area contributed by atoms with Gasteiger partial charge in [-0.3, -0.25) is 0 Å². The van der Waals surface area contributed by atoms with Crippen LogP contribution < -0.4 is 4.90 Å². The summed E-state index contributed by atoms with van der Waals surface area (Å²) in [7, 11) is 0. The maximum Gasteiger partial charge on any atom is 0.166 e. The van der Waals surface area contributed by atoms with Crippen molar-refractivity contribution in [1.29, 1.82) is 0 Å². The topological polar surface area (TPSA) is 43.7 Å². The van der Waals surface area contributed by atoms with Gasteiger partial charge >= 0.3 is 0 Å². The van der Waals surface area contributed by atoms with Crippen molar-refractivity contribution < 1.29 is 10.2 Å². The Morgan fingerprint density at radius 3 is 1.62 bits per heavy atom. The van der Waals surface area contributed by atoms with Crippen LogP contribution in [-0.2, 0) is 0 Å². The molecule has 142 valence electrons. The number of aromatic hydroxyl groups is 2. The summed E-state index contributed by atoms with van der Waals surface area (Å²) in [6.07, 6.45) is 1.51. The molecule has 0 amide bonds. The minimum Gasteiger partial charge on any atom is -0.504 e. The largest absolute Gasteiger partial charge is 0.504 e. The highest BCUT2D eigenvalue weighted by molar-refractivity contribution is 5.81. The predicted octanol–water partition coefficient (Wildman–Crippen LogP) is 6.88. The van der Waals surface area contributed by atoms with Crippen LogP contribution in [0.4, 0.5) is 17.1 Å². The van der Waals surface area contributed by atoms with Crippen LogP contribution in [0, 0.1) is 0 Å². The second-order valence-corrected chi connectivity index (χ2v) is 6.66. The van der Waals surface area contributed by atoms with Crippen LogP contribution in [-0.4, -0.2) is 10.2 Å². The van der Waals surface area contributed by atoms with Gasteiger partial charge in [0.25, 0.3) is 0 Å². The average molecular weight is 379 g/mol. The lowest BCUT2D eigenvalue weighted by molar-refractivity contribution is 0.404. The van der Waals surface area contributed by atoms with Crippen LogP contribution in [0.2, 0.25) is 0 Å². The van der Waals surface area contributed by atoms with Crippen LogP contribution in [0.25, 0.3) is 17.2 Å². The molecule has 4 rings (SSSR count). The van der Waals surface area contributed by atoms with Gasteiger partial charge in [0, 0.05) is 28.2 Å². The summed E-state index contributed by atoms with van der Waals surface area (Å²) in [6.45, 7) is 3.65. The number of anilines is 3. The molecule has 0 saturated heterocycles. The number of hydrogen-bond acceptors (Lipinski definition) is 3. The highest BCUT2D eigenvalue weighted by Gasteiger charge is 2.14. The molecule has 0 heterocycles. The number of phenols is 2. The van der Waals surface area contributed by atoms with Gasteiger partial charge in [-0.25, -0.2) is 0 Å². The van der Waals surface area contributed by atoms with Crippen molar-refractivity contribution in [3.63, 3.8) is 0 Å². The number of nitrogens with zero attached hydrogens (tertiary/aromatic N) is 1. The third-order valence-corrected chi connectivity index (χ3v) is 4.87. The fourth-order valence-electron chi connectivity index (χ4n) is 3.38. The summed E-state index contributed by atoms with van der Waals surface area (Å²) >= 11 is 0. The van der Waals surface area contributed by atoms with Gasteiger partial charge in [-0.1, -0.05) is 67.3 Å². The molecule has 0 aliphatic rings. The Hall–Kier alpha value is -3.98. The Bertz CT molecular complexity index is 1080. The van der Waals surface area contributed by atoms with Gasteiger partial charge in [-0.15, -0.1) is 0 Å². The molecule has 0 fully saturated rings. The maximum atomic E-state index is 10.4. The average Bonchev–Trinajstić information content (AvgIpc) is 2.78. The Labute approximate surface area is 170 Å². The molecule has 29 heavy (non-hydrogen) atoms. The maximum absolute atomic E-state index is 10.4. The van der Waals surface area contributed by atoms with E-state index >= 15 is 0 Å². The second-order valence-electron chi connectivity index (χ2n) is 6.66. The molecule has 3 heteroatoms. The molecule has 0 aromatic heterocycles.